The number of benzene rings is 2. The lowest BCUT2D eigenvalue weighted by atomic mass is 10.1. The van der Waals surface area contributed by atoms with Crippen LogP contribution in [0.25, 0.3) is 10.8 Å². The normalized spacial score (nSPS) is 10.5. The Hall–Kier alpha value is -2.88. The lowest BCUT2D eigenvalue weighted by molar-refractivity contribution is 0.102. The second kappa shape index (κ2) is 5.25. The highest BCUT2D eigenvalue weighted by atomic mass is 16.1. The van der Waals surface area contributed by atoms with Gasteiger partial charge in [-0.2, -0.15) is 0 Å². The molecule has 1 amide bonds. The number of hydrogen-bond acceptors (Lipinski definition) is 3. The van der Waals surface area contributed by atoms with Crippen LogP contribution in [0, 0.1) is 6.92 Å². The topological polar surface area (TPSA) is 68.0 Å². The molecule has 0 saturated carbocycles. The first kappa shape index (κ1) is 13.1. The summed E-state index contributed by atoms with van der Waals surface area (Å²) in [6.07, 6.45) is 1.64. The number of aryl methyl sites for hydroxylation is 1. The maximum atomic E-state index is 12.4. The molecule has 3 aromatic rings. The molecule has 4 heteroatoms. The average Bonchev–Trinajstić information content (AvgIpc) is 2.50. The number of nitrogens with zero attached hydrogens (tertiary/aromatic N) is 1. The van der Waals surface area contributed by atoms with Gasteiger partial charge in [0.15, 0.2) is 0 Å². The van der Waals surface area contributed by atoms with Crippen molar-refractivity contribution in [3.8, 4) is 0 Å². The van der Waals surface area contributed by atoms with Crippen molar-refractivity contribution in [1.29, 1.82) is 0 Å². The Labute approximate surface area is 122 Å². The molecule has 0 spiro atoms. The third kappa shape index (κ3) is 2.56. The predicted octanol–water partition coefficient (Wildman–Crippen LogP) is 3.38. The highest BCUT2D eigenvalue weighted by Crippen LogP contribution is 2.20. The van der Waals surface area contributed by atoms with Crippen LogP contribution in [0.3, 0.4) is 0 Å². The average molecular weight is 277 g/mol. The minimum absolute atomic E-state index is 0.241. The Morgan fingerprint density at radius 2 is 1.95 bits per heavy atom. The van der Waals surface area contributed by atoms with E-state index >= 15 is 0 Å². The van der Waals surface area contributed by atoms with E-state index in [1.54, 1.807) is 12.3 Å². The lowest BCUT2D eigenvalue weighted by Crippen LogP contribution is -2.14. The monoisotopic (exact) mass is 277 g/mol. The van der Waals surface area contributed by atoms with Crippen LogP contribution in [0.2, 0.25) is 0 Å². The Balaban J connectivity index is 1.95. The molecule has 0 aliphatic carbocycles. The summed E-state index contributed by atoms with van der Waals surface area (Å²) < 4.78 is 0. The van der Waals surface area contributed by atoms with E-state index in [2.05, 4.69) is 10.3 Å². The Kier molecular flexibility index (Phi) is 3.28. The molecule has 104 valence electrons. The molecule has 0 bridgehead atoms. The number of nitrogen functional groups attached to an aromatic ring is 1. The van der Waals surface area contributed by atoms with E-state index in [-0.39, 0.29) is 5.91 Å². The number of fused-ring (bicyclic) bond motifs is 1. The van der Waals surface area contributed by atoms with Crippen molar-refractivity contribution in [3.63, 3.8) is 0 Å². The van der Waals surface area contributed by atoms with Crippen molar-refractivity contribution < 1.29 is 4.79 Å². The summed E-state index contributed by atoms with van der Waals surface area (Å²) >= 11 is 0. The fourth-order valence-electron chi connectivity index (χ4n) is 2.21. The quantitative estimate of drug-likeness (QED) is 0.706. The van der Waals surface area contributed by atoms with Gasteiger partial charge in [-0.1, -0.05) is 30.3 Å². The highest BCUT2D eigenvalue weighted by Gasteiger charge is 2.11. The molecule has 0 fully saturated rings. The molecular weight excluding hydrogens is 262 g/mol. The van der Waals surface area contributed by atoms with E-state index in [0.29, 0.717) is 17.1 Å². The molecule has 4 nitrogen and oxygen atoms in total. The van der Waals surface area contributed by atoms with Crippen LogP contribution in [-0.2, 0) is 0 Å². The Morgan fingerprint density at radius 1 is 1.14 bits per heavy atom. The van der Waals surface area contributed by atoms with Crippen molar-refractivity contribution in [3.05, 3.63) is 66.0 Å². The first-order valence-corrected chi connectivity index (χ1v) is 6.66. The van der Waals surface area contributed by atoms with Gasteiger partial charge in [-0.3, -0.25) is 9.78 Å². The molecule has 0 unspecified atom stereocenters. The van der Waals surface area contributed by atoms with Crippen LogP contribution in [0.1, 0.15) is 16.1 Å². The van der Waals surface area contributed by atoms with Crippen molar-refractivity contribution in [1.82, 2.24) is 4.98 Å². The summed E-state index contributed by atoms with van der Waals surface area (Å²) in [6, 6.07) is 15.0. The van der Waals surface area contributed by atoms with Gasteiger partial charge in [0, 0.05) is 23.0 Å². The molecular formula is C17H15N3O. The van der Waals surface area contributed by atoms with Crippen LogP contribution >= 0.6 is 0 Å². The van der Waals surface area contributed by atoms with Crippen LogP contribution in [0.5, 0.6) is 0 Å². The number of carbonyl (C=O) groups excluding carboxylic acids is 1. The Morgan fingerprint density at radius 3 is 2.76 bits per heavy atom. The van der Waals surface area contributed by atoms with Gasteiger partial charge in [-0.25, -0.2) is 0 Å². The molecule has 0 atom stereocenters. The van der Waals surface area contributed by atoms with E-state index in [1.165, 1.54) is 0 Å². The van der Waals surface area contributed by atoms with Crippen LogP contribution in [0.15, 0.2) is 54.7 Å². The summed E-state index contributed by atoms with van der Waals surface area (Å²) in [6.45, 7) is 1.92. The number of carbonyl (C=O) groups is 1. The molecule has 1 aromatic heterocycles. The second-order valence-corrected chi connectivity index (χ2v) is 4.91. The van der Waals surface area contributed by atoms with Crippen molar-refractivity contribution in [2.24, 2.45) is 0 Å². The second-order valence-electron chi connectivity index (χ2n) is 4.91. The molecule has 0 aliphatic heterocycles. The van der Waals surface area contributed by atoms with Gasteiger partial charge in [0.1, 0.15) is 5.69 Å². The summed E-state index contributed by atoms with van der Waals surface area (Å²) in [5.74, 6) is -0.241. The summed E-state index contributed by atoms with van der Waals surface area (Å²) in [5.41, 5.74) is 8.57. The number of rotatable bonds is 2. The molecule has 0 saturated heterocycles. The van der Waals surface area contributed by atoms with Crippen LogP contribution < -0.4 is 11.1 Å². The van der Waals surface area contributed by atoms with Crippen LogP contribution in [0.4, 0.5) is 11.4 Å². The SMILES string of the molecule is Cc1ccc(NC(=O)c2nccc3ccccc23)cc1N. The predicted molar refractivity (Wildman–Crippen MR) is 85.3 cm³/mol. The number of anilines is 2. The summed E-state index contributed by atoms with van der Waals surface area (Å²) in [5, 5.41) is 4.66. The van der Waals surface area contributed by atoms with E-state index in [0.717, 1.165) is 16.3 Å². The van der Waals surface area contributed by atoms with Gasteiger partial charge in [0.25, 0.3) is 5.91 Å². The number of aromatic nitrogens is 1. The number of nitrogens with two attached hydrogens (primary N) is 1. The first-order chi connectivity index (χ1) is 10.1. The zero-order chi connectivity index (χ0) is 14.8. The maximum absolute atomic E-state index is 12.4. The zero-order valence-corrected chi connectivity index (χ0v) is 11.6. The molecule has 0 radical (unpaired) electrons. The smallest absolute Gasteiger partial charge is 0.274 e. The molecule has 3 rings (SSSR count). The van der Waals surface area contributed by atoms with Gasteiger partial charge in [0.2, 0.25) is 0 Å². The van der Waals surface area contributed by atoms with Crippen molar-refractivity contribution in [2.45, 2.75) is 6.92 Å². The number of pyridine rings is 1. The van der Waals surface area contributed by atoms with Crippen LogP contribution in [-0.4, -0.2) is 10.9 Å². The van der Waals surface area contributed by atoms with Crippen molar-refractivity contribution >= 4 is 28.1 Å². The van der Waals surface area contributed by atoms with Gasteiger partial charge in [-0.15, -0.1) is 0 Å². The molecule has 2 aromatic carbocycles. The standard InChI is InChI=1S/C17H15N3O/c1-11-6-7-13(10-15(11)18)20-17(21)16-14-5-3-2-4-12(14)8-9-19-16/h2-10H,18H2,1H3,(H,20,21). The first-order valence-electron chi connectivity index (χ1n) is 6.66. The van der Waals surface area contributed by atoms with E-state index in [9.17, 15) is 4.79 Å². The van der Waals surface area contributed by atoms with E-state index in [4.69, 9.17) is 5.73 Å². The van der Waals surface area contributed by atoms with Gasteiger partial charge in [-0.05, 0) is 36.1 Å². The number of amides is 1. The zero-order valence-electron chi connectivity index (χ0n) is 11.6. The fourth-order valence-corrected chi connectivity index (χ4v) is 2.21. The molecule has 21 heavy (non-hydrogen) atoms. The largest absolute Gasteiger partial charge is 0.398 e. The fraction of sp³-hybridized carbons (Fsp3) is 0.0588. The lowest BCUT2D eigenvalue weighted by Gasteiger charge is -2.08. The third-order valence-corrected chi connectivity index (χ3v) is 3.43. The maximum Gasteiger partial charge on any atom is 0.274 e. The summed E-state index contributed by atoms with van der Waals surface area (Å²) in [4.78, 5) is 16.6. The summed E-state index contributed by atoms with van der Waals surface area (Å²) in [7, 11) is 0. The molecule has 3 N–H and O–H groups in total. The minimum Gasteiger partial charge on any atom is -0.398 e. The number of hydrogen-bond donors (Lipinski definition) is 2. The van der Waals surface area contributed by atoms with E-state index < -0.39 is 0 Å². The third-order valence-electron chi connectivity index (χ3n) is 3.43. The van der Waals surface area contributed by atoms with E-state index in [1.807, 2.05) is 49.4 Å². The molecule has 1 heterocycles. The minimum atomic E-state index is -0.241. The highest BCUT2D eigenvalue weighted by molar-refractivity contribution is 6.11. The van der Waals surface area contributed by atoms with Gasteiger partial charge < -0.3 is 11.1 Å². The number of nitrogens with one attached hydrogen (secondary N) is 1. The van der Waals surface area contributed by atoms with Gasteiger partial charge >= 0.3 is 0 Å². The van der Waals surface area contributed by atoms with Crippen molar-refractivity contribution in [2.75, 3.05) is 11.1 Å². The van der Waals surface area contributed by atoms with Gasteiger partial charge in [0.05, 0.1) is 0 Å². The molecule has 0 aliphatic rings. The Bertz CT molecular complexity index is 822.